The maximum atomic E-state index is 14.1. The first kappa shape index (κ1) is 22.5. The molecule has 2 atom stereocenters. The van der Waals surface area contributed by atoms with E-state index in [-0.39, 0.29) is 23.6 Å². The van der Waals surface area contributed by atoms with Gasteiger partial charge in [0, 0.05) is 24.2 Å². The van der Waals surface area contributed by atoms with E-state index in [1.54, 1.807) is 24.1 Å². The summed E-state index contributed by atoms with van der Waals surface area (Å²) in [5, 5.41) is 13.1. The molecule has 2 bridgehead atoms. The number of nitrogens with zero attached hydrogens (tertiary/aromatic N) is 6. The molecule has 0 radical (unpaired) electrons. The topological polar surface area (TPSA) is 68.8 Å². The Labute approximate surface area is 205 Å². The standard InChI is InChI=1S/C26H23F3N6O/c1-14-6-7-21(35-30-8-9-31-35)17(10-14)26(36)34-16-4-3-5-22(34)24-18(13-16)25(33(2)32-24)15-11-19(27)23(29)20(28)12-15/h6-12,16,22H,3-5,13H2,1-2H3/t16?,22-/m0/s1. The highest BCUT2D eigenvalue weighted by molar-refractivity contribution is 5.98. The molecule has 10 heteroatoms. The number of amides is 1. The molecule has 0 aliphatic carbocycles. The third-order valence-corrected chi connectivity index (χ3v) is 7.18. The molecule has 2 aliphatic rings. The highest BCUT2D eigenvalue weighted by Gasteiger charge is 2.44. The lowest BCUT2D eigenvalue weighted by molar-refractivity contribution is 0.0391. The highest BCUT2D eigenvalue weighted by atomic mass is 19.2. The van der Waals surface area contributed by atoms with Crippen LogP contribution in [0.3, 0.4) is 0 Å². The number of benzene rings is 2. The van der Waals surface area contributed by atoms with Crippen molar-refractivity contribution in [3.8, 4) is 16.9 Å². The summed E-state index contributed by atoms with van der Waals surface area (Å²) in [6.07, 6.45) is 6.07. The number of halogens is 3. The van der Waals surface area contributed by atoms with Gasteiger partial charge in [-0.1, -0.05) is 11.6 Å². The fourth-order valence-electron chi connectivity index (χ4n) is 5.68. The second-order valence-electron chi connectivity index (χ2n) is 9.45. The first-order valence-electron chi connectivity index (χ1n) is 11.8. The van der Waals surface area contributed by atoms with Gasteiger partial charge in [0.1, 0.15) is 0 Å². The third-order valence-electron chi connectivity index (χ3n) is 7.18. The molecule has 36 heavy (non-hydrogen) atoms. The smallest absolute Gasteiger partial charge is 0.256 e. The maximum Gasteiger partial charge on any atom is 0.256 e. The van der Waals surface area contributed by atoms with Crippen molar-refractivity contribution in [2.45, 2.75) is 44.7 Å². The third kappa shape index (κ3) is 3.42. The number of carbonyl (C=O) groups excluding carboxylic acids is 1. The van der Waals surface area contributed by atoms with E-state index < -0.39 is 17.5 Å². The Morgan fingerprint density at radius 2 is 1.75 bits per heavy atom. The molecule has 4 heterocycles. The van der Waals surface area contributed by atoms with Crippen molar-refractivity contribution in [1.82, 2.24) is 29.7 Å². The van der Waals surface area contributed by atoms with Crippen LogP contribution < -0.4 is 0 Å². The maximum absolute atomic E-state index is 14.1. The van der Waals surface area contributed by atoms with E-state index in [0.29, 0.717) is 29.1 Å². The van der Waals surface area contributed by atoms with E-state index in [1.807, 2.05) is 30.0 Å². The molecule has 1 unspecified atom stereocenters. The van der Waals surface area contributed by atoms with Crippen molar-refractivity contribution in [3.05, 3.63) is 82.6 Å². The van der Waals surface area contributed by atoms with E-state index in [9.17, 15) is 18.0 Å². The molecule has 2 aromatic carbocycles. The Balaban J connectivity index is 1.45. The molecule has 184 valence electrons. The number of piperidine rings is 1. The number of hydrogen-bond acceptors (Lipinski definition) is 4. The first-order valence-corrected chi connectivity index (χ1v) is 11.8. The van der Waals surface area contributed by atoms with Gasteiger partial charge in [0.25, 0.3) is 5.91 Å². The van der Waals surface area contributed by atoms with Crippen molar-refractivity contribution in [1.29, 1.82) is 0 Å². The van der Waals surface area contributed by atoms with Crippen molar-refractivity contribution in [2.24, 2.45) is 7.05 Å². The van der Waals surface area contributed by atoms with Crippen LogP contribution in [0.2, 0.25) is 0 Å². The first-order chi connectivity index (χ1) is 17.3. The second-order valence-corrected chi connectivity index (χ2v) is 9.45. The van der Waals surface area contributed by atoms with Crippen LogP contribution in [0.25, 0.3) is 16.9 Å². The number of hydrogen-bond donors (Lipinski definition) is 0. The fourth-order valence-corrected chi connectivity index (χ4v) is 5.68. The quantitative estimate of drug-likeness (QED) is 0.390. The van der Waals surface area contributed by atoms with Crippen LogP contribution >= 0.6 is 0 Å². The zero-order valence-electron chi connectivity index (χ0n) is 19.8. The highest BCUT2D eigenvalue weighted by Crippen LogP contribution is 2.45. The van der Waals surface area contributed by atoms with Crippen molar-refractivity contribution >= 4 is 5.91 Å². The van der Waals surface area contributed by atoms with Crippen molar-refractivity contribution in [2.75, 3.05) is 0 Å². The van der Waals surface area contributed by atoms with Gasteiger partial charge in [-0.3, -0.25) is 9.48 Å². The van der Waals surface area contributed by atoms with E-state index in [0.717, 1.165) is 42.5 Å². The van der Waals surface area contributed by atoms with Gasteiger partial charge in [-0.25, -0.2) is 13.2 Å². The van der Waals surface area contributed by atoms with Crippen LogP contribution in [0.15, 0.2) is 42.7 Å². The van der Waals surface area contributed by atoms with Gasteiger partial charge in [-0.2, -0.15) is 20.1 Å². The summed E-state index contributed by atoms with van der Waals surface area (Å²) in [6.45, 7) is 1.93. The van der Waals surface area contributed by atoms with Crippen LogP contribution in [0.4, 0.5) is 13.2 Å². The molecule has 0 N–H and O–H groups in total. The number of rotatable bonds is 3. The molecule has 1 saturated heterocycles. The minimum Gasteiger partial charge on any atom is -0.327 e. The van der Waals surface area contributed by atoms with Gasteiger partial charge in [-0.05, 0) is 56.9 Å². The van der Waals surface area contributed by atoms with Gasteiger partial charge >= 0.3 is 0 Å². The average Bonchev–Trinajstić information content (AvgIpc) is 3.49. The van der Waals surface area contributed by atoms with Crippen LogP contribution in [0.5, 0.6) is 0 Å². The molecule has 2 aliphatic heterocycles. The summed E-state index contributed by atoms with van der Waals surface area (Å²) in [7, 11) is 1.70. The summed E-state index contributed by atoms with van der Waals surface area (Å²) in [6, 6.07) is 7.20. The average molecular weight is 493 g/mol. The lowest BCUT2D eigenvalue weighted by Gasteiger charge is -2.45. The van der Waals surface area contributed by atoms with E-state index >= 15 is 0 Å². The van der Waals surface area contributed by atoms with Crippen LogP contribution in [-0.4, -0.2) is 41.6 Å². The Morgan fingerprint density at radius 1 is 1.03 bits per heavy atom. The fraction of sp³-hybridized carbons (Fsp3) is 0.308. The summed E-state index contributed by atoms with van der Waals surface area (Å²) in [5.41, 5.74) is 4.38. The van der Waals surface area contributed by atoms with Crippen LogP contribution in [-0.2, 0) is 13.5 Å². The lowest BCUT2D eigenvalue weighted by atomic mass is 9.81. The molecule has 0 saturated carbocycles. The van der Waals surface area contributed by atoms with Crippen LogP contribution in [0.1, 0.15) is 52.5 Å². The Morgan fingerprint density at radius 3 is 2.47 bits per heavy atom. The molecule has 2 aromatic heterocycles. The van der Waals surface area contributed by atoms with Gasteiger partial charge in [0.05, 0.1) is 41.1 Å². The normalized spacial score (nSPS) is 18.9. The van der Waals surface area contributed by atoms with Crippen molar-refractivity contribution in [3.63, 3.8) is 0 Å². The largest absolute Gasteiger partial charge is 0.327 e. The zero-order valence-corrected chi connectivity index (χ0v) is 19.8. The molecule has 4 aromatic rings. The number of carbonyl (C=O) groups is 1. The molecule has 6 rings (SSSR count). The molecule has 1 amide bonds. The molecule has 1 fully saturated rings. The second kappa shape index (κ2) is 8.32. The van der Waals surface area contributed by atoms with Crippen molar-refractivity contribution < 1.29 is 18.0 Å². The monoisotopic (exact) mass is 492 g/mol. The minimum atomic E-state index is -1.50. The molecule has 7 nitrogen and oxygen atoms in total. The number of aryl methyl sites for hydroxylation is 2. The number of fused-ring (bicyclic) bond motifs is 4. The number of aromatic nitrogens is 5. The van der Waals surface area contributed by atoms with E-state index in [2.05, 4.69) is 10.2 Å². The summed E-state index contributed by atoms with van der Waals surface area (Å²) >= 11 is 0. The Kier molecular flexibility index (Phi) is 5.20. The van der Waals surface area contributed by atoms with E-state index in [1.165, 1.54) is 4.80 Å². The summed E-state index contributed by atoms with van der Waals surface area (Å²) in [5.74, 6) is -4.11. The SMILES string of the molecule is Cc1ccc(-n2nccn2)c(C(=O)N2C3CCC[C@H]2c2nn(C)c(-c4cc(F)c(F)c(F)c4)c2C3)c1. The zero-order chi connectivity index (χ0) is 25.1. The Hall–Kier alpha value is -3.95. The predicted octanol–water partition coefficient (Wildman–Crippen LogP) is 4.69. The summed E-state index contributed by atoms with van der Waals surface area (Å²) < 4.78 is 43.3. The molecular formula is C26H23F3N6O. The van der Waals surface area contributed by atoms with Gasteiger partial charge in [0.2, 0.25) is 0 Å². The van der Waals surface area contributed by atoms with E-state index in [4.69, 9.17) is 5.10 Å². The molecular weight excluding hydrogens is 469 g/mol. The predicted molar refractivity (Wildman–Crippen MR) is 125 cm³/mol. The van der Waals surface area contributed by atoms with Gasteiger partial charge in [-0.15, -0.1) is 0 Å². The molecule has 0 spiro atoms. The lowest BCUT2D eigenvalue weighted by Crippen LogP contribution is -2.50. The van der Waals surface area contributed by atoms with Crippen LogP contribution in [0, 0.1) is 24.4 Å². The minimum absolute atomic E-state index is 0.110. The Bertz CT molecular complexity index is 1470. The summed E-state index contributed by atoms with van der Waals surface area (Å²) in [4.78, 5) is 17.4. The van der Waals surface area contributed by atoms with Gasteiger partial charge in [0.15, 0.2) is 17.5 Å². The van der Waals surface area contributed by atoms with Gasteiger partial charge < -0.3 is 4.90 Å².